The van der Waals surface area contributed by atoms with E-state index in [-0.39, 0.29) is 0 Å². The molecule has 0 aliphatic heterocycles. The smallest absolute Gasteiger partial charge is 0.0996 e. The van der Waals surface area contributed by atoms with Crippen LogP contribution in [0.25, 0.3) is 0 Å². The molecule has 0 unspecified atom stereocenters. The summed E-state index contributed by atoms with van der Waals surface area (Å²) in [6, 6.07) is 0. The van der Waals surface area contributed by atoms with Gasteiger partial charge in [-0.1, -0.05) is 182 Å². The molecule has 0 heterocycles. The maximum Gasteiger partial charge on any atom is 0.0996 e. The van der Waals surface area contributed by atoms with E-state index in [4.69, 9.17) is 4.74 Å². The van der Waals surface area contributed by atoms with Crippen LogP contribution < -0.4 is 0 Å². The van der Waals surface area contributed by atoms with E-state index in [9.17, 15) is 0 Å². The molecule has 0 bridgehead atoms. The lowest BCUT2D eigenvalue weighted by molar-refractivity contribution is 0.266. The molecule has 0 aliphatic carbocycles. The summed E-state index contributed by atoms with van der Waals surface area (Å²) >= 11 is 0. The van der Waals surface area contributed by atoms with E-state index in [1.54, 1.807) is 0 Å². The lowest BCUT2D eigenvalue weighted by Gasteiger charge is -2.15. The van der Waals surface area contributed by atoms with Crippen LogP contribution in [-0.2, 0) is 4.74 Å². The van der Waals surface area contributed by atoms with E-state index in [1.165, 1.54) is 204 Å². The molecule has 0 aliphatic rings. The fourth-order valence-electron chi connectivity index (χ4n) is 5.80. The highest BCUT2D eigenvalue weighted by molar-refractivity contribution is 5.02. The summed E-state index contributed by atoms with van der Waals surface area (Å²) in [6.45, 7) is 9.23. The number of ether oxygens (including phenoxy) is 1. The molecule has 0 fully saturated rings. The van der Waals surface area contributed by atoms with Gasteiger partial charge >= 0.3 is 0 Å². The van der Waals surface area contributed by atoms with Crippen molar-refractivity contribution in [1.82, 2.24) is 0 Å². The number of hydrogen-bond acceptors (Lipinski definition) is 1. The Labute approximate surface area is 261 Å². The van der Waals surface area contributed by atoms with Crippen LogP contribution in [0.1, 0.15) is 233 Å². The average molecular weight is 575 g/mol. The van der Waals surface area contributed by atoms with Gasteiger partial charge in [-0.15, -0.1) is 0 Å². The van der Waals surface area contributed by atoms with Crippen molar-refractivity contribution in [3.8, 4) is 0 Å². The van der Waals surface area contributed by atoms with Crippen molar-refractivity contribution in [2.75, 3.05) is 0 Å². The van der Waals surface area contributed by atoms with Gasteiger partial charge in [-0.3, -0.25) is 0 Å². The zero-order valence-electron chi connectivity index (χ0n) is 29.2. The maximum atomic E-state index is 6.75. The second kappa shape index (κ2) is 35.5. The van der Waals surface area contributed by atoms with E-state index in [0.29, 0.717) is 0 Å². The monoisotopic (exact) mass is 575 g/mol. The summed E-state index contributed by atoms with van der Waals surface area (Å²) in [5, 5.41) is 0. The summed E-state index contributed by atoms with van der Waals surface area (Å²) in [4.78, 5) is 0. The van der Waals surface area contributed by atoms with Gasteiger partial charge in [0.25, 0.3) is 0 Å². The van der Waals surface area contributed by atoms with Crippen molar-refractivity contribution < 1.29 is 4.74 Å². The van der Waals surface area contributed by atoms with Crippen molar-refractivity contribution in [2.45, 2.75) is 233 Å². The molecule has 1 heteroatoms. The van der Waals surface area contributed by atoms with Crippen LogP contribution >= 0.6 is 0 Å². The van der Waals surface area contributed by atoms with Gasteiger partial charge in [-0.05, 0) is 50.7 Å². The molecule has 0 saturated carbocycles. The normalized spacial score (nSPS) is 12.4. The molecule has 0 atom stereocenters. The van der Waals surface area contributed by atoms with Crippen LogP contribution in [-0.4, -0.2) is 0 Å². The Bertz CT molecular complexity index is 497. The molecule has 0 rings (SSSR count). The zero-order valence-corrected chi connectivity index (χ0v) is 29.2. The van der Waals surface area contributed by atoms with Gasteiger partial charge in [0.15, 0.2) is 0 Å². The van der Waals surface area contributed by atoms with Gasteiger partial charge in [0.1, 0.15) is 0 Å². The number of unbranched alkanes of at least 4 members (excludes halogenated alkanes) is 26. The molecule has 0 saturated heterocycles. The summed E-state index contributed by atoms with van der Waals surface area (Å²) in [7, 11) is 0. The third-order valence-electron chi connectivity index (χ3n) is 8.68. The first kappa shape index (κ1) is 40.3. The Morgan fingerprint density at radius 3 is 0.854 bits per heavy atom. The average Bonchev–Trinajstić information content (AvgIpc) is 2.98. The summed E-state index contributed by atoms with van der Waals surface area (Å²) < 4.78 is 6.75. The number of allylic oxidation sites excluding steroid dienone is 4. The van der Waals surface area contributed by atoms with Gasteiger partial charge in [-0.25, -0.2) is 0 Å². The molecule has 0 spiro atoms. The molecule has 0 N–H and O–H groups in total. The minimum atomic E-state index is 1.13. The van der Waals surface area contributed by atoms with Gasteiger partial charge < -0.3 is 4.74 Å². The van der Waals surface area contributed by atoms with Crippen molar-refractivity contribution in [1.29, 1.82) is 0 Å². The maximum absolute atomic E-state index is 6.75. The third-order valence-corrected chi connectivity index (χ3v) is 8.68. The number of hydrogen-bond donors (Lipinski definition) is 0. The van der Waals surface area contributed by atoms with E-state index >= 15 is 0 Å². The Balaban J connectivity index is 4.65. The molecule has 244 valence electrons. The first-order valence-corrected chi connectivity index (χ1v) is 19.3. The van der Waals surface area contributed by atoms with Crippen LogP contribution in [0.4, 0.5) is 0 Å². The Hall–Kier alpha value is -0.720. The second-order valence-electron chi connectivity index (χ2n) is 13.0. The minimum Gasteiger partial charge on any atom is -0.467 e. The van der Waals surface area contributed by atoms with Crippen molar-refractivity contribution in [3.63, 3.8) is 0 Å². The molecule has 0 aromatic carbocycles. The molecule has 0 aromatic rings. The highest BCUT2D eigenvalue weighted by Gasteiger charge is 2.06. The van der Waals surface area contributed by atoms with Crippen molar-refractivity contribution >= 4 is 0 Å². The van der Waals surface area contributed by atoms with E-state index in [2.05, 4.69) is 39.8 Å². The van der Waals surface area contributed by atoms with Gasteiger partial charge in [0.2, 0.25) is 0 Å². The predicted octanol–water partition coefficient (Wildman–Crippen LogP) is 15.3. The van der Waals surface area contributed by atoms with Crippen LogP contribution in [0, 0.1) is 0 Å². The van der Waals surface area contributed by atoms with E-state index < -0.39 is 0 Å². The lowest BCUT2D eigenvalue weighted by atomic mass is 10.0. The molecular formula is C40H78O. The lowest BCUT2D eigenvalue weighted by Crippen LogP contribution is -1.97. The minimum absolute atomic E-state index is 1.13. The topological polar surface area (TPSA) is 9.23 Å². The molecule has 1 nitrogen and oxygen atoms in total. The van der Waals surface area contributed by atoms with Gasteiger partial charge in [0, 0.05) is 12.8 Å². The van der Waals surface area contributed by atoms with Crippen molar-refractivity contribution in [3.05, 3.63) is 23.7 Å². The van der Waals surface area contributed by atoms with E-state index in [1.807, 2.05) is 0 Å². The standard InChI is InChI=1S/C40H78O/c1-5-9-13-17-19-21-23-25-29-33-37-39(35-31-27-15-11-7-3)41-40(36-32-28-16-12-8-4)38-34-30-26-24-22-20-18-14-10-6-2/h35-36H,5-34,37-38H2,1-4H3. The summed E-state index contributed by atoms with van der Waals surface area (Å²) in [6.07, 6.45) is 48.3. The molecule has 0 radical (unpaired) electrons. The highest BCUT2D eigenvalue weighted by atomic mass is 16.5. The first-order chi connectivity index (χ1) is 20.3. The van der Waals surface area contributed by atoms with Crippen LogP contribution in [0.15, 0.2) is 23.7 Å². The Kier molecular flexibility index (Phi) is 34.9. The van der Waals surface area contributed by atoms with Gasteiger partial charge in [0.05, 0.1) is 11.5 Å². The number of rotatable bonds is 34. The Morgan fingerprint density at radius 2 is 0.561 bits per heavy atom. The van der Waals surface area contributed by atoms with Gasteiger partial charge in [-0.2, -0.15) is 0 Å². The first-order valence-electron chi connectivity index (χ1n) is 19.3. The summed E-state index contributed by atoms with van der Waals surface area (Å²) in [5.41, 5.74) is 0. The SMILES string of the molecule is CCCCCCC=C(CCCCCCCCCCCC)OC(=CCCCCCC)CCCCCCCCCCCC. The van der Waals surface area contributed by atoms with Crippen LogP contribution in [0.5, 0.6) is 0 Å². The fourth-order valence-corrected chi connectivity index (χ4v) is 5.80. The third kappa shape index (κ3) is 32.0. The summed E-state index contributed by atoms with van der Waals surface area (Å²) in [5.74, 6) is 2.57. The van der Waals surface area contributed by atoms with Crippen molar-refractivity contribution in [2.24, 2.45) is 0 Å². The zero-order chi connectivity index (χ0) is 29.9. The van der Waals surface area contributed by atoms with Crippen LogP contribution in [0.3, 0.4) is 0 Å². The molecule has 41 heavy (non-hydrogen) atoms. The quantitative estimate of drug-likeness (QED) is 0.0548. The highest BCUT2D eigenvalue weighted by Crippen LogP contribution is 2.23. The van der Waals surface area contributed by atoms with E-state index in [0.717, 1.165) is 12.8 Å². The molecular weight excluding hydrogens is 496 g/mol. The van der Waals surface area contributed by atoms with Crippen LogP contribution in [0.2, 0.25) is 0 Å². The second-order valence-corrected chi connectivity index (χ2v) is 13.0. The largest absolute Gasteiger partial charge is 0.467 e. The fraction of sp³-hybridized carbons (Fsp3) is 0.900. The molecule has 0 amide bonds. The Morgan fingerprint density at radius 1 is 0.317 bits per heavy atom. The molecule has 0 aromatic heterocycles. The predicted molar refractivity (Wildman–Crippen MR) is 188 cm³/mol.